The van der Waals surface area contributed by atoms with Gasteiger partial charge in [0.15, 0.2) is 0 Å². The molecule has 1 aromatic carbocycles. The molecular formula is C16H28N2O. The summed E-state index contributed by atoms with van der Waals surface area (Å²) < 4.78 is 0. The molecule has 3 heteroatoms. The molecule has 0 heterocycles. The van der Waals surface area contributed by atoms with E-state index in [2.05, 4.69) is 52.1 Å². The topological polar surface area (TPSA) is 44.6 Å². The number of phenolic OH excluding ortho intramolecular Hbond substituents is 1. The van der Waals surface area contributed by atoms with Crippen LogP contribution in [0.25, 0.3) is 0 Å². The highest BCUT2D eigenvalue weighted by molar-refractivity contribution is 5.81. The molecular weight excluding hydrogens is 236 g/mol. The van der Waals surface area contributed by atoms with Gasteiger partial charge in [0.1, 0.15) is 5.75 Å². The van der Waals surface area contributed by atoms with Crippen molar-refractivity contribution >= 4 is 6.21 Å². The van der Waals surface area contributed by atoms with Crippen LogP contribution in [0, 0.1) is 0 Å². The summed E-state index contributed by atoms with van der Waals surface area (Å²) >= 11 is 0. The molecule has 0 saturated carbocycles. The van der Waals surface area contributed by atoms with Crippen molar-refractivity contribution in [1.82, 2.24) is 5.43 Å². The van der Waals surface area contributed by atoms with Crippen LogP contribution in [0.2, 0.25) is 0 Å². The molecule has 0 aliphatic heterocycles. The molecule has 0 bridgehead atoms. The number of hydrogen-bond acceptors (Lipinski definition) is 3. The molecule has 19 heavy (non-hydrogen) atoms. The minimum atomic E-state index is -0.104. The predicted molar refractivity (Wildman–Crippen MR) is 84.3 cm³/mol. The Balaban J connectivity index is 0.00000361. The zero-order chi connectivity index (χ0) is 14.8. The fourth-order valence-electron chi connectivity index (χ4n) is 2.01. The molecule has 0 amide bonds. The lowest BCUT2D eigenvalue weighted by atomic mass is 9.78. The Kier molecular flexibility index (Phi) is 4.28. The van der Waals surface area contributed by atoms with Crippen molar-refractivity contribution in [2.45, 2.75) is 52.4 Å². The zero-order valence-electron chi connectivity index (χ0n) is 13.1. The van der Waals surface area contributed by atoms with Crippen molar-refractivity contribution in [3.63, 3.8) is 0 Å². The van der Waals surface area contributed by atoms with Crippen LogP contribution in [0.3, 0.4) is 0 Å². The van der Waals surface area contributed by atoms with E-state index in [9.17, 15) is 5.11 Å². The molecule has 0 fully saturated rings. The van der Waals surface area contributed by atoms with E-state index in [1.807, 2.05) is 12.1 Å². The summed E-state index contributed by atoms with van der Waals surface area (Å²) in [6, 6.07) is 4.01. The first-order chi connectivity index (χ1) is 8.57. The van der Waals surface area contributed by atoms with E-state index in [1.54, 1.807) is 13.3 Å². The Hall–Kier alpha value is -1.51. The van der Waals surface area contributed by atoms with Crippen LogP contribution < -0.4 is 5.43 Å². The van der Waals surface area contributed by atoms with Crippen LogP contribution in [0.4, 0.5) is 0 Å². The van der Waals surface area contributed by atoms with Crippen molar-refractivity contribution in [2.75, 3.05) is 7.05 Å². The minimum absolute atomic E-state index is 0. The molecule has 0 spiro atoms. The van der Waals surface area contributed by atoms with Gasteiger partial charge in [0, 0.05) is 19.6 Å². The summed E-state index contributed by atoms with van der Waals surface area (Å²) in [7, 11) is 1.77. The normalized spacial score (nSPS) is 13.0. The van der Waals surface area contributed by atoms with Crippen LogP contribution in [-0.2, 0) is 10.8 Å². The third kappa shape index (κ3) is 3.72. The Labute approximate surface area is 118 Å². The van der Waals surface area contributed by atoms with Gasteiger partial charge in [-0.1, -0.05) is 41.5 Å². The smallest absolute Gasteiger partial charge is 0.123 e. The fraction of sp³-hybridized carbons (Fsp3) is 0.562. The van der Waals surface area contributed by atoms with Crippen LogP contribution in [0.5, 0.6) is 5.75 Å². The summed E-state index contributed by atoms with van der Waals surface area (Å²) in [6.07, 6.45) is 1.78. The summed E-state index contributed by atoms with van der Waals surface area (Å²) in [4.78, 5) is 0. The molecule has 1 rings (SSSR count). The van der Waals surface area contributed by atoms with Gasteiger partial charge in [0.05, 0.1) is 6.21 Å². The first-order valence-corrected chi connectivity index (χ1v) is 6.65. The van der Waals surface area contributed by atoms with Gasteiger partial charge in [-0.05, 0) is 28.5 Å². The van der Waals surface area contributed by atoms with Crippen LogP contribution >= 0.6 is 0 Å². The first-order valence-electron chi connectivity index (χ1n) is 6.65. The summed E-state index contributed by atoms with van der Waals surface area (Å²) in [5.74, 6) is 0.404. The average molecular weight is 264 g/mol. The van der Waals surface area contributed by atoms with Crippen LogP contribution in [-0.4, -0.2) is 18.4 Å². The molecule has 0 radical (unpaired) electrons. The van der Waals surface area contributed by atoms with Gasteiger partial charge < -0.3 is 10.5 Å². The van der Waals surface area contributed by atoms with E-state index in [0.717, 1.165) is 16.7 Å². The molecule has 0 saturated heterocycles. The van der Waals surface area contributed by atoms with Gasteiger partial charge in [0.2, 0.25) is 0 Å². The Morgan fingerprint density at radius 3 is 1.79 bits per heavy atom. The molecule has 3 nitrogen and oxygen atoms in total. The van der Waals surface area contributed by atoms with Crippen LogP contribution in [0.1, 0.15) is 59.7 Å². The van der Waals surface area contributed by atoms with E-state index in [0.29, 0.717) is 5.75 Å². The third-order valence-electron chi connectivity index (χ3n) is 3.09. The number of nitrogens with zero attached hydrogens (tertiary/aromatic N) is 1. The lowest BCUT2D eigenvalue weighted by molar-refractivity contribution is 0.423. The lowest BCUT2D eigenvalue weighted by Gasteiger charge is -2.27. The average Bonchev–Trinajstić information content (AvgIpc) is 2.24. The second-order valence-corrected chi connectivity index (χ2v) is 6.95. The van der Waals surface area contributed by atoms with Gasteiger partial charge >= 0.3 is 0 Å². The van der Waals surface area contributed by atoms with E-state index >= 15 is 0 Å². The summed E-state index contributed by atoms with van der Waals surface area (Å²) in [5.41, 5.74) is 5.46. The number of rotatable bonds is 2. The second kappa shape index (κ2) is 5.24. The van der Waals surface area contributed by atoms with Gasteiger partial charge in [-0.25, -0.2) is 0 Å². The molecule has 2 N–H and O–H groups in total. The van der Waals surface area contributed by atoms with E-state index in [-0.39, 0.29) is 12.3 Å². The first kappa shape index (κ1) is 15.5. The molecule has 0 aliphatic carbocycles. The van der Waals surface area contributed by atoms with Crippen molar-refractivity contribution in [1.29, 1.82) is 0 Å². The number of benzene rings is 1. The molecule has 1 aromatic rings. The van der Waals surface area contributed by atoms with Gasteiger partial charge in [-0.2, -0.15) is 5.10 Å². The second-order valence-electron chi connectivity index (χ2n) is 6.95. The minimum Gasteiger partial charge on any atom is -0.507 e. The summed E-state index contributed by atoms with van der Waals surface area (Å²) in [5, 5.41) is 14.6. The number of hydrogen-bond donors (Lipinski definition) is 2. The Bertz CT molecular complexity index is 447. The van der Waals surface area contributed by atoms with E-state index in [4.69, 9.17) is 0 Å². The zero-order valence-corrected chi connectivity index (χ0v) is 13.1. The molecule has 0 aromatic heterocycles. The maximum Gasteiger partial charge on any atom is 0.123 e. The monoisotopic (exact) mass is 264 g/mol. The highest BCUT2D eigenvalue weighted by atomic mass is 16.3. The molecule has 108 valence electrons. The molecule has 0 aliphatic rings. The van der Waals surface area contributed by atoms with Crippen molar-refractivity contribution in [3.8, 4) is 5.75 Å². The standard InChI is InChI=1S/C16H26N2O.H2/c1-15(2,3)12-8-11(10-18-17-7)9-13(14(12)19)16(4,5)6;/h8-10,17,19H,1-7H3;1H/b18-10+;. The maximum atomic E-state index is 10.5. The fourth-order valence-corrected chi connectivity index (χ4v) is 2.01. The quantitative estimate of drug-likeness (QED) is 0.630. The van der Waals surface area contributed by atoms with Crippen molar-refractivity contribution < 1.29 is 6.53 Å². The SMILES string of the molecule is CN/N=C/c1cc(C(C)(C)C)c(O)c(C(C)(C)C)c1.[HH]. The van der Waals surface area contributed by atoms with Gasteiger partial charge in [-0.3, -0.25) is 0 Å². The van der Waals surface area contributed by atoms with Crippen molar-refractivity contribution in [3.05, 3.63) is 28.8 Å². The molecule has 0 unspecified atom stereocenters. The highest BCUT2D eigenvalue weighted by Crippen LogP contribution is 2.39. The summed E-state index contributed by atoms with van der Waals surface area (Å²) in [6.45, 7) is 12.6. The Morgan fingerprint density at radius 2 is 1.47 bits per heavy atom. The predicted octanol–water partition coefficient (Wildman–Crippen LogP) is 3.79. The lowest BCUT2D eigenvalue weighted by Crippen LogP contribution is -2.18. The number of phenols is 1. The number of aromatic hydroxyl groups is 1. The largest absolute Gasteiger partial charge is 0.507 e. The molecule has 0 atom stereocenters. The van der Waals surface area contributed by atoms with Gasteiger partial charge in [-0.15, -0.1) is 0 Å². The number of hydrazone groups is 1. The van der Waals surface area contributed by atoms with E-state index in [1.165, 1.54) is 0 Å². The van der Waals surface area contributed by atoms with Gasteiger partial charge in [0.25, 0.3) is 0 Å². The number of nitrogens with one attached hydrogen (secondary N) is 1. The van der Waals surface area contributed by atoms with Crippen molar-refractivity contribution in [2.24, 2.45) is 5.10 Å². The van der Waals surface area contributed by atoms with E-state index < -0.39 is 0 Å². The highest BCUT2D eigenvalue weighted by Gasteiger charge is 2.26. The maximum absolute atomic E-state index is 10.5. The Morgan fingerprint density at radius 1 is 1.05 bits per heavy atom. The van der Waals surface area contributed by atoms with Crippen LogP contribution in [0.15, 0.2) is 17.2 Å². The third-order valence-corrected chi connectivity index (χ3v) is 3.09.